The lowest BCUT2D eigenvalue weighted by atomic mass is 10.4. The van der Waals surface area contributed by atoms with Crippen LogP contribution in [0.3, 0.4) is 0 Å². The van der Waals surface area contributed by atoms with Crippen molar-refractivity contribution < 1.29 is 9.84 Å². The van der Waals surface area contributed by atoms with E-state index in [9.17, 15) is 0 Å². The third kappa shape index (κ3) is 32.0. The summed E-state index contributed by atoms with van der Waals surface area (Å²) < 4.78 is 4.44. The van der Waals surface area contributed by atoms with E-state index in [0.29, 0.717) is 6.61 Å². The summed E-state index contributed by atoms with van der Waals surface area (Å²) in [5.41, 5.74) is 0. The first-order valence-corrected chi connectivity index (χ1v) is 5.51. The van der Waals surface area contributed by atoms with Gasteiger partial charge in [0.2, 0.25) is 0 Å². The molecule has 1 rings (SSSR count). The van der Waals surface area contributed by atoms with Gasteiger partial charge in [-0.05, 0) is 0 Å². The van der Waals surface area contributed by atoms with Crippen LogP contribution in [0.1, 0.15) is 27.7 Å². The van der Waals surface area contributed by atoms with E-state index in [4.69, 9.17) is 5.11 Å². The lowest BCUT2D eigenvalue weighted by molar-refractivity contribution is 0.135. The summed E-state index contributed by atoms with van der Waals surface area (Å²) in [5, 5.41) is 7.94. The van der Waals surface area contributed by atoms with Crippen molar-refractivity contribution in [3.63, 3.8) is 0 Å². The van der Waals surface area contributed by atoms with E-state index < -0.39 is 0 Å². The topological polar surface area (TPSA) is 29.5 Å². The molecule has 0 aliphatic rings. The smallest absolute Gasteiger partial charge is 0.0693 e. The third-order valence-corrected chi connectivity index (χ3v) is 0.962. The highest BCUT2D eigenvalue weighted by atomic mass is 16.5. The van der Waals surface area contributed by atoms with Crippen LogP contribution in [0.15, 0.2) is 36.4 Å². The van der Waals surface area contributed by atoms with Crippen molar-refractivity contribution in [1.82, 2.24) is 0 Å². The van der Waals surface area contributed by atoms with E-state index in [0.717, 1.165) is 0 Å². The van der Waals surface area contributed by atoms with Gasteiger partial charge in [0.1, 0.15) is 0 Å². The first kappa shape index (κ1) is 19.7. The van der Waals surface area contributed by atoms with Crippen LogP contribution in [0.4, 0.5) is 0 Å². The summed E-state index contributed by atoms with van der Waals surface area (Å²) in [6.45, 7) is 8.57. The van der Waals surface area contributed by atoms with E-state index in [2.05, 4.69) is 4.74 Å². The Morgan fingerprint density at radius 2 is 1.07 bits per heavy atom. The van der Waals surface area contributed by atoms with Crippen molar-refractivity contribution in [2.75, 3.05) is 20.3 Å². The third-order valence-electron chi connectivity index (χ3n) is 0.962. The molecule has 1 aromatic carbocycles. The van der Waals surface area contributed by atoms with Gasteiger partial charge in [0.25, 0.3) is 0 Å². The SMILES string of the molecule is CC.CC.COCCO.c1ccccc1. The largest absolute Gasteiger partial charge is 0.394 e. The van der Waals surface area contributed by atoms with Gasteiger partial charge in [-0.25, -0.2) is 0 Å². The summed E-state index contributed by atoms with van der Waals surface area (Å²) in [6, 6.07) is 12.0. The van der Waals surface area contributed by atoms with Gasteiger partial charge >= 0.3 is 0 Å². The van der Waals surface area contributed by atoms with Crippen LogP contribution in [0, 0.1) is 0 Å². The summed E-state index contributed by atoms with van der Waals surface area (Å²) in [6.07, 6.45) is 0. The molecule has 0 atom stereocenters. The maximum Gasteiger partial charge on any atom is 0.0693 e. The van der Waals surface area contributed by atoms with Gasteiger partial charge in [-0.1, -0.05) is 64.1 Å². The zero-order chi connectivity index (χ0) is 12.4. The van der Waals surface area contributed by atoms with E-state index in [1.54, 1.807) is 7.11 Å². The molecule has 90 valence electrons. The molecular weight excluding hydrogens is 188 g/mol. The van der Waals surface area contributed by atoms with Gasteiger partial charge in [-0.3, -0.25) is 0 Å². The number of benzene rings is 1. The number of aliphatic hydroxyl groups is 1. The standard InChI is InChI=1S/C6H6.C3H8O2.2C2H6/c1-2-4-6-5-3-1;1-5-3-2-4;2*1-2/h1-6H;4H,2-3H2,1H3;2*1-2H3. The maximum absolute atomic E-state index is 7.94. The average molecular weight is 214 g/mol. The fourth-order valence-electron chi connectivity index (χ4n) is 0.476. The Balaban J connectivity index is -0.000000146. The Kier molecular flexibility index (Phi) is 38.3. The van der Waals surface area contributed by atoms with Crippen LogP contribution in [0.5, 0.6) is 0 Å². The lowest BCUT2D eigenvalue weighted by Crippen LogP contribution is -1.91. The van der Waals surface area contributed by atoms with Crippen molar-refractivity contribution >= 4 is 0 Å². The van der Waals surface area contributed by atoms with Gasteiger partial charge in [0.15, 0.2) is 0 Å². The highest BCUT2D eigenvalue weighted by Gasteiger charge is 1.67. The molecule has 0 bridgehead atoms. The van der Waals surface area contributed by atoms with E-state index >= 15 is 0 Å². The Morgan fingerprint density at radius 3 is 1.13 bits per heavy atom. The maximum atomic E-state index is 7.94. The molecule has 0 spiro atoms. The molecule has 0 saturated heterocycles. The number of ether oxygens (including phenoxy) is 1. The molecule has 0 amide bonds. The molecule has 1 aromatic rings. The second kappa shape index (κ2) is 29.2. The van der Waals surface area contributed by atoms with E-state index in [1.165, 1.54) is 0 Å². The summed E-state index contributed by atoms with van der Waals surface area (Å²) >= 11 is 0. The summed E-state index contributed by atoms with van der Waals surface area (Å²) in [5.74, 6) is 0. The number of methoxy groups -OCH3 is 1. The van der Waals surface area contributed by atoms with Crippen molar-refractivity contribution in [1.29, 1.82) is 0 Å². The van der Waals surface area contributed by atoms with Crippen molar-refractivity contribution in [2.24, 2.45) is 0 Å². The lowest BCUT2D eigenvalue weighted by Gasteiger charge is -1.84. The van der Waals surface area contributed by atoms with Gasteiger partial charge in [0.05, 0.1) is 13.2 Å². The van der Waals surface area contributed by atoms with Crippen LogP contribution in [-0.2, 0) is 4.74 Å². The molecule has 2 nitrogen and oxygen atoms in total. The molecule has 0 aliphatic heterocycles. The normalized spacial score (nSPS) is 6.80. The van der Waals surface area contributed by atoms with Crippen LogP contribution < -0.4 is 0 Å². The quantitative estimate of drug-likeness (QED) is 0.818. The van der Waals surface area contributed by atoms with Crippen LogP contribution in [0.25, 0.3) is 0 Å². The molecule has 0 unspecified atom stereocenters. The first-order chi connectivity index (χ1) is 7.41. The monoisotopic (exact) mass is 214 g/mol. The van der Waals surface area contributed by atoms with Gasteiger partial charge < -0.3 is 9.84 Å². The second-order valence-electron chi connectivity index (χ2n) is 1.87. The molecule has 0 saturated carbocycles. The fraction of sp³-hybridized carbons (Fsp3) is 0.538. The molecule has 2 heteroatoms. The van der Waals surface area contributed by atoms with E-state index in [-0.39, 0.29) is 6.61 Å². The highest BCUT2D eigenvalue weighted by Crippen LogP contribution is 1.79. The zero-order valence-corrected chi connectivity index (χ0v) is 10.7. The number of rotatable bonds is 2. The summed E-state index contributed by atoms with van der Waals surface area (Å²) in [4.78, 5) is 0. The Bertz CT molecular complexity index is 112. The summed E-state index contributed by atoms with van der Waals surface area (Å²) in [7, 11) is 1.55. The molecule has 1 N–H and O–H groups in total. The first-order valence-electron chi connectivity index (χ1n) is 5.51. The van der Waals surface area contributed by atoms with Gasteiger partial charge in [-0.15, -0.1) is 0 Å². The van der Waals surface area contributed by atoms with Crippen molar-refractivity contribution in [2.45, 2.75) is 27.7 Å². The van der Waals surface area contributed by atoms with Crippen molar-refractivity contribution in [3.05, 3.63) is 36.4 Å². The number of hydrogen-bond donors (Lipinski definition) is 1. The van der Waals surface area contributed by atoms with Gasteiger partial charge in [-0.2, -0.15) is 0 Å². The van der Waals surface area contributed by atoms with Crippen LogP contribution in [0.2, 0.25) is 0 Å². The molecule has 15 heavy (non-hydrogen) atoms. The molecular formula is C13H26O2. The predicted molar refractivity (Wildman–Crippen MR) is 68.1 cm³/mol. The fourth-order valence-corrected chi connectivity index (χ4v) is 0.476. The minimum atomic E-state index is 0.122. The minimum absolute atomic E-state index is 0.122. The number of hydrogen-bond acceptors (Lipinski definition) is 2. The molecule has 0 heterocycles. The van der Waals surface area contributed by atoms with Crippen molar-refractivity contribution in [3.8, 4) is 0 Å². The minimum Gasteiger partial charge on any atom is -0.394 e. The molecule has 0 aliphatic carbocycles. The van der Waals surface area contributed by atoms with Gasteiger partial charge in [0, 0.05) is 7.11 Å². The highest BCUT2D eigenvalue weighted by molar-refractivity contribution is 4.99. The van der Waals surface area contributed by atoms with Crippen LogP contribution >= 0.6 is 0 Å². The van der Waals surface area contributed by atoms with E-state index in [1.807, 2.05) is 64.1 Å². The molecule has 0 fully saturated rings. The number of aliphatic hydroxyl groups excluding tert-OH is 1. The Labute approximate surface area is 94.9 Å². The van der Waals surface area contributed by atoms with Crippen LogP contribution in [-0.4, -0.2) is 25.4 Å². The molecule has 0 radical (unpaired) electrons. The molecule has 0 aromatic heterocycles. The Hall–Kier alpha value is -0.860. The zero-order valence-electron chi connectivity index (χ0n) is 10.7. The predicted octanol–water partition coefficient (Wildman–Crippen LogP) is 3.36. The average Bonchev–Trinajstić information content (AvgIpc) is 2.38. The Morgan fingerprint density at radius 1 is 0.800 bits per heavy atom. The second-order valence-corrected chi connectivity index (χ2v) is 1.87.